The van der Waals surface area contributed by atoms with E-state index in [0.29, 0.717) is 23.7 Å². The van der Waals surface area contributed by atoms with Crippen molar-refractivity contribution in [1.82, 2.24) is 20.5 Å². The highest BCUT2D eigenvalue weighted by Gasteiger charge is 2.26. The van der Waals surface area contributed by atoms with Crippen LogP contribution in [-0.4, -0.2) is 54.8 Å². The van der Waals surface area contributed by atoms with E-state index in [1.54, 1.807) is 30.6 Å². The molecule has 28 heavy (non-hydrogen) atoms. The Labute approximate surface area is 162 Å². The number of pyridine rings is 1. The molecule has 1 atom stereocenters. The number of rotatable bonds is 4. The molecule has 1 aromatic carbocycles. The average molecular weight is 383 g/mol. The molecule has 4 rings (SSSR count). The van der Waals surface area contributed by atoms with Crippen LogP contribution in [0.5, 0.6) is 11.5 Å². The van der Waals surface area contributed by atoms with E-state index in [2.05, 4.69) is 20.9 Å². The number of imide groups is 1. The van der Waals surface area contributed by atoms with Crippen molar-refractivity contribution in [3.05, 3.63) is 48.3 Å². The number of anilines is 1. The number of carbonyl (C=O) groups excluding carboxylic acids is 2. The van der Waals surface area contributed by atoms with Crippen molar-refractivity contribution in [3.8, 4) is 11.5 Å². The maximum Gasteiger partial charge on any atom is 0.325 e. The Morgan fingerprint density at radius 1 is 1.25 bits per heavy atom. The first kappa shape index (κ1) is 18.2. The second-order valence-electron chi connectivity index (χ2n) is 6.55. The summed E-state index contributed by atoms with van der Waals surface area (Å²) in [5.74, 6) is 0.820. The van der Waals surface area contributed by atoms with Gasteiger partial charge in [0, 0.05) is 49.8 Å². The van der Waals surface area contributed by atoms with Crippen molar-refractivity contribution in [3.63, 3.8) is 0 Å². The Bertz CT molecular complexity index is 861. The van der Waals surface area contributed by atoms with E-state index in [9.17, 15) is 9.59 Å². The topological polar surface area (TPSA) is 105 Å². The zero-order valence-corrected chi connectivity index (χ0v) is 15.2. The molecule has 3 N–H and O–H groups in total. The number of nitrogens with one attached hydrogen (secondary N) is 3. The third-order valence-electron chi connectivity index (χ3n) is 4.65. The fraction of sp³-hybridized carbons (Fsp3) is 0.316. The Balaban J connectivity index is 1.33. The highest BCUT2D eigenvalue weighted by atomic mass is 16.7. The standard InChI is InChI=1S/C19H21N5O4/c25-18(11-24-7-6-21-10-15(24)13-2-1-5-20-9-13)23-19(26)22-14-3-4-16-17(8-14)28-12-27-16/h1-5,8-9,15,21H,6-7,10-12H2,(H2,22,23,25,26). The van der Waals surface area contributed by atoms with Crippen molar-refractivity contribution >= 4 is 17.6 Å². The molecule has 0 radical (unpaired) electrons. The van der Waals surface area contributed by atoms with E-state index < -0.39 is 6.03 Å². The summed E-state index contributed by atoms with van der Waals surface area (Å²) < 4.78 is 10.5. The molecule has 2 aromatic rings. The van der Waals surface area contributed by atoms with Crippen LogP contribution in [-0.2, 0) is 4.79 Å². The summed E-state index contributed by atoms with van der Waals surface area (Å²) >= 11 is 0. The molecule has 2 aliphatic rings. The lowest BCUT2D eigenvalue weighted by atomic mass is 10.1. The van der Waals surface area contributed by atoms with Gasteiger partial charge in [-0.15, -0.1) is 0 Å². The van der Waals surface area contributed by atoms with Crippen LogP contribution >= 0.6 is 0 Å². The number of fused-ring (bicyclic) bond motifs is 1. The lowest BCUT2D eigenvalue weighted by Gasteiger charge is -2.35. The minimum Gasteiger partial charge on any atom is -0.454 e. The highest BCUT2D eigenvalue weighted by molar-refractivity contribution is 6.01. The summed E-state index contributed by atoms with van der Waals surface area (Å²) in [7, 11) is 0. The number of urea groups is 1. The summed E-state index contributed by atoms with van der Waals surface area (Å²) in [6.45, 7) is 2.49. The Kier molecular flexibility index (Phi) is 5.36. The predicted molar refractivity (Wildman–Crippen MR) is 101 cm³/mol. The molecule has 3 heterocycles. The van der Waals surface area contributed by atoms with Gasteiger partial charge in [-0.1, -0.05) is 6.07 Å². The van der Waals surface area contributed by atoms with Gasteiger partial charge in [-0.3, -0.25) is 20.0 Å². The number of aromatic nitrogens is 1. The third-order valence-corrected chi connectivity index (χ3v) is 4.65. The molecule has 9 nitrogen and oxygen atoms in total. The maximum atomic E-state index is 12.4. The lowest BCUT2D eigenvalue weighted by Crippen LogP contribution is -2.50. The van der Waals surface area contributed by atoms with Gasteiger partial charge in [-0.2, -0.15) is 0 Å². The van der Waals surface area contributed by atoms with Gasteiger partial charge in [-0.25, -0.2) is 4.79 Å². The van der Waals surface area contributed by atoms with Crippen LogP contribution in [0.4, 0.5) is 10.5 Å². The van der Waals surface area contributed by atoms with Gasteiger partial charge >= 0.3 is 6.03 Å². The van der Waals surface area contributed by atoms with Crippen LogP contribution in [0.2, 0.25) is 0 Å². The quantitative estimate of drug-likeness (QED) is 0.726. The Morgan fingerprint density at radius 3 is 3.00 bits per heavy atom. The smallest absolute Gasteiger partial charge is 0.325 e. The van der Waals surface area contributed by atoms with Crippen molar-refractivity contribution in [2.24, 2.45) is 0 Å². The van der Waals surface area contributed by atoms with E-state index in [1.807, 2.05) is 17.0 Å². The van der Waals surface area contributed by atoms with Crippen LogP contribution in [0.15, 0.2) is 42.7 Å². The monoisotopic (exact) mass is 383 g/mol. The molecule has 0 spiro atoms. The number of carbonyl (C=O) groups is 2. The number of ether oxygens (including phenoxy) is 2. The van der Waals surface area contributed by atoms with Crippen LogP contribution in [0.25, 0.3) is 0 Å². The summed E-state index contributed by atoms with van der Waals surface area (Å²) in [4.78, 5) is 30.7. The van der Waals surface area contributed by atoms with Crippen LogP contribution in [0.1, 0.15) is 11.6 Å². The van der Waals surface area contributed by atoms with E-state index >= 15 is 0 Å². The molecule has 1 aromatic heterocycles. The zero-order chi connectivity index (χ0) is 19.3. The van der Waals surface area contributed by atoms with Gasteiger partial charge in [0.15, 0.2) is 11.5 Å². The Morgan fingerprint density at radius 2 is 2.14 bits per heavy atom. The fourth-order valence-corrected chi connectivity index (χ4v) is 3.32. The summed E-state index contributed by atoms with van der Waals surface area (Å²) in [6.07, 6.45) is 3.52. The van der Waals surface area contributed by atoms with E-state index in [4.69, 9.17) is 9.47 Å². The second-order valence-corrected chi connectivity index (χ2v) is 6.55. The van der Waals surface area contributed by atoms with Crippen molar-refractivity contribution in [2.75, 3.05) is 38.3 Å². The SMILES string of the molecule is O=C(CN1CCNCC1c1cccnc1)NC(=O)Nc1ccc2c(c1)OCO2. The molecule has 1 unspecified atom stereocenters. The van der Waals surface area contributed by atoms with E-state index in [-0.39, 0.29) is 25.3 Å². The van der Waals surface area contributed by atoms with Crippen molar-refractivity contribution in [2.45, 2.75) is 6.04 Å². The third kappa shape index (κ3) is 4.21. The van der Waals surface area contributed by atoms with Gasteiger partial charge in [0.25, 0.3) is 0 Å². The van der Waals surface area contributed by atoms with Crippen LogP contribution in [0, 0.1) is 0 Å². The molecule has 2 aliphatic heterocycles. The van der Waals surface area contributed by atoms with Crippen molar-refractivity contribution in [1.29, 1.82) is 0 Å². The average Bonchev–Trinajstić information content (AvgIpc) is 3.16. The first-order valence-corrected chi connectivity index (χ1v) is 9.04. The second kappa shape index (κ2) is 8.24. The minimum absolute atomic E-state index is 0.0325. The molecule has 146 valence electrons. The van der Waals surface area contributed by atoms with E-state index in [1.165, 1.54) is 0 Å². The number of amides is 3. The molecule has 1 saturated heterocycles. The van der Waals surface area contributed by atoms with Gasteiger partial charge in [0.2, 0.25) is 12.7 Å². The fourth-order valence-electron chi connectivity index (χ4n) is 3.32. The van der Waals surface area contributed by atoms with Crippen LogP contribution < -0.4 is 25.4 Å². The van der Waals surface area contributed by atoms with Crippen molar-refractivity contribution < 1.29 is 19.1 Å². The molecule has 0 saturated carbocycles. The maximum absolute atomic E-state index is 12.4. The molecular formula is C19H21N5O4. The van der Waals surface area contributed by atoms with Gasteiger partial charge in [0.1, 0.15) is 0 Å². The molecule has 1 fully saturated rings. The normalized spacial score (nSPS) is 18.5. The number of nitrogens with zero attached hydrogens (tertiary/aromatic N) is 2. The number of hydrogen-bond donors (Lipinski definition) is 3. The predicted octanol–water partition coefficient (Wildman–Crippen LogP) is 1.10. The minimum atomic E-state index is -0.586. The molecule has 9 heteroatoms. The lowest BCUT2D eigenvalue weighted by molar-refractivity contribution is -0.121. The number of benzene rings is 1. The van der Waals surface area contributed by atoms with Gasteiger partial charge in [0.05, 0.1) is 6.54 Å². The van der Waals surface area contributed by atoms with Crippen LogP contribution in [0.3, 0.4) is 0 Å². The van der Waals surface area contributed by atoms with Gasteiger partial charge < -0.3 is 20.1 Å². The van der Waals surface area contributed by atoms with Gasteiger partial charge in [-0.05, 0) is 23.8 Å². The first-order chi connectivity index (χ1) is 13.7. The summed E-state index contributed by atoms with van der Waals surface area (Å²) in [5, 5.41) is 8.34. The largest absolute Gasteiger partial charge is 0.454 e. The zero-order valence-electron chi connectivity index (χ0n) is 15.2. The molecule has 0 aliphatic carbocycles. The number of piperazine rings is 1. The first-order valence-electron chi connectivity index (χ1n) is 9.04. The molecule has 0 bridgehead atoms. The Hall–Kier alpha value is -3.17. The highest BCUT2D eigenvalue weighted by Crippen LogP contribution is 2.34. The number of hydrogen-bond acceptors (Lipinski definition) is 7. The molecular weight excluding hydrogens is 362 g/mol. The summed E-state index contributed by atoms with van der Waals surface area (Å²) in [5.41, 5.74) is 1.55. The van der Waals surface area contributed by atoms with E-state index in [0.717, 1.165) is 18.7 Å². The summed E-state index contributed by atoms with van der Waals surface area (Å²) in [6, 6.07) is 8.36. The molecule has 3 amide bonds.